The minimum Gasteiger partial charge on any atom is -0.492 e. The van der Waals surface area contributed by atoms with Gasteiger partial charge in [-0.05, 0) is 13.8 Å². The van der Waals surface area contributed by atoms with Gasteiger partial charge in [-0.15, -0.1) is 0 Å². The highest BCUT2D eigenvalue weighted by Gasteiger charge is 2.95. The third-order valence-corrected chi connectivity index (χ3v) is 3.85. The molecule has 0 saturated heterocycles. The van der Waals surface area contributed by atoms with Crippen molar-refractivity contribution in [3.63, 3.8) is 0 Å². The smallest absolute Gasteiger partial charge is 0.460 e. The molecular weight excluding hydrogens is 563 g/mol. The average molecular weight is 576 g/mol. The largest absolute Gasteiger partial charge is 0.492 e. The van der Waals surface area contributed by atoms with E-state index in [1.165, 1.54) is 0 Å². The Morgan fingerprint density at radius 3 is 1.22 bits per heavy atom. The molecule has 0 aliphatic rings. The molecule has 0 fully saturated rings. The van der Waals surface area contributed by atoms with Gasteiger partial charge in [-0.25, -0.2) is 4.79 Å². The first-order valence-electron chi connectivity index (χ1n) is 8.34. The van der Waals surface area contributed by atoms with E-state index in [-0.39, 0.29) is 13.2 Å². The molecule has 36 heavy (non-hydrogen) atoms. The summed E-state index contributed by atoms with van der Waals surface area (Å²) in [7, 11) is 0. The van der Waals surface area contributed by atoms with Crippen molar-refractivity contribution in [3.8, 4) is 0 Å². The number of hydrogen-bond donors (Lipinski definition) is 1. The molecule has 1 unspecified atom stereocenters. The van der Waals surface area contributed by atoms with E-state index in [1.54, 1.807) is 0 Å². The lowest BCUT2D eigenvalue weighted by atomic mass is 9.88. The molecule has 0 aliphatic heterocycles. The molecule has 20 heteroatoms. The molecule has 0 bridgehead atoms. The second kappa shape index (κ2) is 10.5. The van der Waals surface area contributed by atoms with Gasteiger partial charge >= 0.3 is 53.6 Å². The second-order valence-corrected chi connectivity index (χ2v) is 6.36. The van der Waals surface area contributed by atoms with Gasteiger partial charge in [0, 0.05) is 6.08 Å². The highest BCUT2D eigenvalue weighted by Crippen LogP contribution is 2.64. The Hall–Kier alpha value is -2.44. The van der Waals surface area contributed by atoms with Crippen LogP contribution in [0.1, 0.15) is 13.8 Å². The molecule has 0 saturated carbocycles. The molecule has 1 N–H and O–H groups in total. The van der Waals surface area contributed by atoms with E-state index in [4.69, 9.17) is 5.11 Å². The van der Waals surface area contributed by atoms with E-state index in [1.807, 2.05) is 0 Å². The fourth-order valence-corrected chi connectivity index (χ4v) is 1.71. The molecular formula is C16H13F17O3. The number of carboxylic acids is 1. The molecule has 0 aromatic carbocycles. The lowest BCUT2D eigenvalue weighted by molar-refractivity contribution is -0.463. The van der Waals surface area contributed by atoms with Crippen LogP contribution in [0.3, 0.4) is 0 Å². The number of rotatable bonds is 10. The topological polar surface area (TPSA) is 46.5 Å². The van der Waals surface area contributed by atoms with Gasteiger partial charge in [-0.2, -0.15) is 74.6 Å². The molecule has 0 heterocycles. The number of halogens is 17. The maximum atomic E-state index is 13.6. The first-order chi connectivity index (χ1) is 15.5. The van der Waals surface area contributed by atoms with Gasteiger partial charge in [0.05, 0.1) is 6.26 Å². The van der Waals surface area contributed by atoms with Crippen molar-refractivity contribution < 1.29 is 89.3 Å². The van der Waals surface area contributed by atoms with Crippen LogP contribution < -0.4 is 0 Å². The zero-order valence-corrected chi connectivity index (χ0v) is 17.2. The number of carboxylic acid groups (broad SMARTS) is 1. The van der Waals surface area contributed by atoms with Gasteiger partial charge in [-0.1, -0.05) is 12.7 Å². The van der Waals surface area contributed by atoms with Crippen LogP contribution in [0, 0.1) is 0 Å². The van der Waals surface area contributed by atoms with Gasteiger partial charge in [0.25, 0.3) is 0 Å². The third kappa shape index (κ3) is 5.60. The van der Waals surface area contributed by atoms with E-state index < -0.39 is 59.7 Å². The molecule has 0 aliphatic carbocycles. The lowest BCUT2D eigenvalue weighted by Gasteiger charge is -2.43. The minimum absolute atomic E-state index is 0.109. The molecule has 0 radical (unpaired) electrons. The first-order valence-corrected chi connectivity index (χ1v) is 8.34. The second-order valence-electron chi connectivity index (χ2n) is 6.36. The number of allylic oxidation sites excluding steroid dienone is 1. The summed E-state index contributed by atoms with van der Waals surface area (Å²) in [6, 6.07) is 0. The normalized spacial score (nSPS) is 15.8. The predicted molar refractivity (Wildman–Crippen MR) is 83.9 cm³/mol. The number of hydrogen-bond acceptors (Lipinski definition) is 2. The van der Waals surface area contributed by atoms with Crippen molar-refractivity contribution in [2.45, 2.75) is 67.6 Å². The number of aliphatic carboxylic acids is 1. The van der Waals surface area contributed by atoms with E-state index >= 15 is 0 Å². The summed E-state index contributed by atoms with van der Waals surface area (Å²) in [6.45, 7) is 3.74. The fourth-order valence-electron chi connectivity index (χ4n) is 1.71. The average Bonchev–Trinajstić information content (AvgIpc) is 2.70. The Labute approximate surface area is 189 Å². The van der Waals surface area contributed by atoms with Crippen LogP contribution in [-0.2, 0) is 9.53 Å². The van der Waals surface area contributed by atoms with Crippen LogP contribution >= 0.6 is 0 Å². The molecule has 3 nitrogen and oxygen atoms in total. The Bertz CT molecular complexity index is 798. The van der Waals surface area contributed by atoms with Gasteiger partial charge in [0.1, 0.15) is 0 Å². The van der Waals surface area contributed by atoms with Crippen molar-refractivity contribution in [1.82, 2.24) is 0 Å². The zero-order chi connectivity index (χ0) is 30.0. The van der Waals surface area contributed by atoms with Gasteiger partial charge in [-0.3, -0.25) is 0 Å². The summed E-state index contributed by atoms with van der Waals surface area (Å²) in [5.41, 5.74) is 0. The van der Waals surface area contributed by atoms with Gasteiger partial charge in [0.2, 0.25) is 0 Å². The van der Waals surface area contributed by atoms with Crippen molar-refractivity contribution >= 4 is 5.97 Å². The number of carbonyl (C=O) groups is 1. The summed E-state index contributed by atoms with van der Waals surface area (Å²) in [6.07, 6.45) is -9.71. The van der Waals surface area contributed by atoms with Crippen LogP contribution in [0.5, 0.6) is 0 Å². The standard InChI is InChI=1S/C13H9F17O.C3H4O2/c1-3-4-31-5(2)6(14,15)7(16,17)8(18,19)9(20,21)10(22,23)11(24,25)12(26,27)13(28,29)30;1-2-3(4)5/h3-5H,1-2H3;2H,1H2,(H,4,5). The number of ether oxygens (including phenoxy) is 1. The molecule has 0 aromatic heterocycles. The lowest BCUT2D eigenvalue weighted by Crippen LogP contribution is -2.75. The van der Waals surface area contributed by atoms with E-state index in [0.717, 1.165) is 13.0 Å². The Morgan fingerprint density at radius 1 is 0.694 bits per heavy atom. The van der Waals surface area contributed by atoms with Crippen molar-refractivity contribution in [2.24, 2.45) is 0 Å². The maximum Gasteiger partial charge on any atom is 0.460 e. The quantitative estimate of drug-likeness (QED) is 0.170. The molecule has 0 spiro atoms. The predicted octanol–water partition coefficient (Wildman–Crippen LogP) is 7.19. The minimum atomic E-state index is -8.63. The van der Waals surface area contributed by atoms with Crippen molar-refractivity contribution in [3.05, 3.63) is 25.0 Å². The summed E-state index contributed by atoms with van der Waals surface area (Å²) in [4.78, 5) is 9.25. The first kappa shape index (κ1) is 35.7. The molecule has 1 atom stereocenters. The molecule has 0 aromatic rings. The van der Waals surface area contributed by atoms with Crippen LogP contribution in [-0.4, -0.2) is 64.8 Å². The monoisotopic (exact) mass is 576 g/mol. The highest BCUT2D eigenvalue weighted by atomic mass is 19.4. The van der Waals surface area contributed by atoms with Crippen LogP contribution in [0.2, 0.25) is 0 Å². The summed E-state index contributed by atoms with van der Waals surface area (Å²) < 4.78 is 225. The molecule has 214 valence electrons. The van der Waals surface area contributed by atoms with Crippen LogP contribution in [0.25, 0.3) is 0 Å². The Morgan fingerprint density at radius 2 is 0.972 bits per heavy atom. The number of alkyl halides is 17. The zero-order valence-electron chi connectivity index (χ0n) is 17.2. The summed E-state index contributed by atoms with van der Waals surface area (Å²) in [5, 5.41) is 7.60. The fraction of sp³-hybridized carbons (Fsp3) is 0.688. The summed E-state index contributed by atoms with van der Waals surface area (Å²) in [5.74, 6) is -57.5. The van der Waals surface area contributed by atoms with E-state index in [9.17, 15) is 79.4 Å². The maximum absolute atomic E-state index is 13.6. The van der Waals surface area contributed by atoms with E-state index in [0.29, 0.717) is 6.08 Å². The third-order valence-electron chi connectivity index (χ3n) is 3.85. The molecule has 0 rings (SSSR count). The van der Waals surface area contributed by atoms with Crippen molar-refractivity contribution in [1.29, 1.82) is 0 Å². The van der Waals surface area contributed by atoms with E-state index in [2.05, 4.69) is 11.3 Å². The van der Waals surface area contributed by atoms with Crippen molar-refractivity contribution in [2.75, 3.05) is 0 Å². The Balaban J connectivity index is 0. The highest BCUT2D eigenvalue weighted by molar-refractivity contribution is 5.78. The van der Waals surface area contributed by atoms with Gasteiger partial charge < -0.3 is 9.84 Å². The van der Waals surface area contributed by atoms with Crippen LogP contribution in [0.4, 0.5) is 74.6 Å². The Kier molecular flexibility index (Phi) is 10.4. The van der Waals surface area contributed by atoms with Gasteiger partial charge in [0.15, 0.2) is 6.10 Å². The summed E-state index contributed by atoms with van der Waals surface area (Å²) >= 11 is 0. The SMILES string of the molecule is C=CC(=O)O.CC=COC(C)C(F)(F)C(F)(F)C(F)(F)C(F)(F)C(F)(F)C(F)(F)C(F)(F)C(F)(F)F. The van der Waals surface area contributed by atoms with Crippen LogP contribution in [0.15, 0.2) is 25.0 Å². The molecule has 0 amide bonds.